The van der Waals surface area contributed by atoms with Gasteiger partial charge in [0.15, 0.2) is 0 Å². The van der Waals surface area contributed by atoms with E-state index in [-0.39, 0.29) is 0 Å². The van der Waals surface area contributed by atoms with Crippen LogP contribution in [0.1, 0.15) is 110 Å². The van der Waals surface area contributed by atoms with Crippen LogP contribution in [-0.2, 0) is 0 Å². The molecule has 0 bridgehead atoms. The Hall–Kier alpha value is -3.80. The SMILES string of the molecule is CCCCCCCCCCCCCCCCCCNC(=O)Oc1ccccc1-c1ccccc1OC(=O)Nc1ccccc1. The van der Waals surface area contributed by atoms with Crippen LogP contribution >= 0.6 is 0 Å². The van der Waals surface area contributed by atoms with E-state index in [1.807, 2.05) is 48.5 Å². The number of hydrogen-bond donors (Lipinski definition) is 2. The van der Waals surface area contributed by atoms with E-state index < -0.39 is 12.2 Å². The highest BCUT2D eigenvalue weighted by Crippen LogP contribution is 2.36. The normalized spacial score (nSPS) is 10.8. The zero-order valence-electron chi connectivity index (χ0n) is 26.7. The predicted octanol–water partition coefficient (Wildman–Crippen LogP) is 11.3. The van der Waals surface area contributed by atoms with Gasteiger partial charge >= 0.3 is 12.2 Å². The maximum absolute atomic E-state index is 12.6. The molecule has 0 unspecified atom stereocenters. The van der Waals surface area contributed by atoms with Crippen LogP contribution in [0.15, 0.2) is 78.9 Å². The van der Waals surface area contributed by atoms with Gasteiger partial charge in [-0.3, -0.25) is 5.32 Å². The first-order valence-corrected chi connectivity index (χ1v) is 16.9. The quantitative estimate of drug-likeness (QED) is 0.119. The Kier molecular flexibility index (Phi) is 17.2. The second kappa shape index (κ2) is 21.8. The monoisotopic (exact) mass is 600 g/mol. The van der Waals surface area contributed by atoms with Crippen molar-refractivity contribution in [1.29, 1.82) is 0 Å². The zero-order valence-corrected chi connectivity index (χ0v) is 26.7. The summed E-state index contributed by atoms with van der Waals surface area (Å²) in [4.78, 5) is 25.1. The summed E-state index contributed by atoms with van der Waals surface area (Å²) in [6.07, 6.45) is 20.0. The number of para-hydroxylation sites is 3. The average Bonchev–Trinajstić information content (AvgIpc) is 3.03. The lowest BCUT2D eigenvalue weighted by Gasteiger charge is -2.14. The molecule has 0 saturated heterocycles. The third kappa shape index (κ3) is 14.1. The number of unbranched alkanes of at least 4 members (excludes halogenated alkanes) is 15. The molecule has 44 heavy (non-hydrogen) atoms. The second-order valence-electron chi connectivity index (χ2n) is 11.5. The fraction of sp³-hybridized carbons (Fsp3) is 0.474. The van der Waals surface area contributed by atoms with Crippen molar-refractivity contribution in [3.63, 3.8) is 0 Å². The van der Waals surface area contributed by atoms with Gasteiger partial charge < -0.3 is 14.8 Å². The van der Waals surface area contributed by atoms with Crippen LogP contribution in [0.2, 0.25) is 0 Å². The summed E-state index contributed by atoms with van der Waals surface area (Å²) in [5.74, 6) is 0.766. The van der Waals surface area contributed by atoms with Crippen LogP contribution in [0.5, 0.6) is 11.5 Å². The highest BCUT2D eigenvalue weighted by atomic mass is 16.6. The van der Waals surface area contributed by atoms with E-state index in [0.717, 1.165) is 12.8 Å². The fourth-order valence-electron chi connectivity index (χ4n) is 5.32. The number of rotatable bonds is 21. The standard InChI is InChI=1S/C38H52N2O4/c1-2-3-4-5-6-7-8-9-10-11-12-13-14-15-16-24-31-39-37(41)43-35-29-22-20-27-33(35)34-28-21-23-30-36(34)44-38(42)40-32-25-18-17-19-26-32/h17-23,25-30H,2-16,24,31H2,1H3,(H,39,41)(H,40,42). The predicted molar refractivity (Wildman–Crippen MR) is 182 cm³/mol. The Labute approximate surface area is 264 Å². The molecule has 3 aromatic rings. The number of nitrogens with one attached hydrogen (secondary N) is 2. The molecule has 3 rings (SSSR count). The van der Waals surface area contributed by atoms with Gasteiger partial charge in [-0.25, -0.2) is 9.59 Å². The topological polar surface area (TPSA) is 76.7 Å². The van der Waals surface area contributed by atoms with E-state index >= 15 is 0 Å². The molecule has 0 atom stereocenters. The van der Waals surface area contributed by atoms with Crippen LogP contribution in [0.4, 0.5) is 15.3 Å². The van der Waals surface area contributed by atoms with Crippen molar-refractivity contribution in [3.05, 3.63) is 78.9 Å². The molecule has 6 nitrogen and oxygen atoms in total. The van der Waals surface area contributed by atoms with Crippen LogP contribution in [0.25, 0.3) is 11.1 Å². The van der Waals surface area contributed by atoms with E-state index in [4.69, 9.17) is 9.47 Å². The Morgan fingerprint density at radius 1 is 0.500 bits per heavy atom. The molecule has 0 spiro atoms. The van der Waals surface area contributed by atoms with Gasteiger partial charge in [-0.1, -0.05) is 158 Å². The number of amides is 2. The molecule has 2 amide bonds. The lowest BCUT2D eigenvalue weighted by atomic mass is 10.0. The lowest BCUT2D eigenvalue weighted by Crippen LogP contribution is -2.27. The van der Waals surface area contributed by atoms with E-state index in [0.29, 0.717) is 34.9 Å². The third-order valence-electron chi connectivity index (χ3n) is 7.79. The number of carbonyl (C=O) groups is 2. The van der Waals surface area contributed by atoms with Gasteiger partial charge in [-0.15, -0.1) is 0 Å². The first kappa shape index (κ1) is 34.7. The Bertz CT molecular complexity index is 1210. The minimum Gasteiger partial charge on any atom is -0.410 e. The molecule has 0 aliphatic carbocycles. The van der Waals surface area contributed by atoms with Gasteiger partial charge in [0, 0.05) is 23.4 Å². The summed E-state index contributed by atoms with van der Waals surface area (Å²) in [5.41, 5.74) is 1.95. The molecule has 0 saturated carbocycles. The van der Waals surface area contributed by atoms with Crippen molar-refractivity contribution < 1.29 is 19.1 Å². The number of hydrogen-bond acceptors (Lipinski definition) is 4. The molecular weight excluding hydrogens is 548 g/mol. The maximum atomic E-state index is 12.6. The Morgan fingerprint density at radius 3 is 1.41 bits per heavy atom. The first-order valence-electron chi connectivity index (χ1n) is 16.9. The number of ether oxygens (including phenoxy) is 2. The molecule has 0 radical (unpaired) electrons. The van der Waals surface area contributed by atoms with Crippen LogP contribution < -0.4 is 20.1 Å². The molecular formula is C38H52N2O4. The van der Waals surface area contributed by atoms with Gasteiger partial charge in [0.2, 0.25) is 0 Å². The van der Waals surface area contributed by atoms with E-state index in [2.05, 4.69) is 17.6 Å². The molecule has 6 heteroatoms. The van der Waals surface area contributed by atoms with Crippen molar-refractivity contribution in [1.82, 2.24) is 5.32 Å². The van der Waals surface area contributed by atoms with Gasteiger partial charge in [0.05, 0.1) is 0 Å². The molecule has 2 N–H and O–H groups in total. The number of carbonyl (C=O) groups excluding carboxylic acids is 2. The second-order valence-corrected chi connectivity index (χ2v) is 11.5. The summed E-state index contributed by atoms with van der Waals surface area (Å²) >= 11 is 0. The van der Waals surface area contributed by atoms with Crippen molar-refractivity contribution in [2.75, 3.05) is 11.9 Å². The molecule has 0 aliphatic rings. The smallest absolute Gasteiger partial charge is 0.410 e. The highest BCUT2D eigenvalue weighted by Gasteiger charge is 2.16. The fourth-order valence-corrected chi connectivity index (χ4v) is 5.32. The number of benzene rings is 3. The summed E-state index contributed by atoms with van der Waals surface area (Å²) in [6.45, 7) is 2.86. The third-order valence-corrected chi connectivity index (χ3v) is 7.79. The van der Waals surface area contributed by atoms with Gasteiger partial charge in [0.25, 0.3) is 0 Å². The Morgan fingerprint density at radius 2 is 0.909 bits per heavy atom. The minimum absolute atomic E-state index is 0.366. The average molecular weight is 601 g/mol. The first-order chi connectivity index (χ1) is 21.7. The van der Waals surface area contributed by atoms with Crippen LogP contribution in [-0.4, -0.2) is 18.7 Å². The molecule has 0 heterocycles. The van der Waals surface area contributed by atoms with Crippen molar-refractivity contribution in [2.45, 2.75) is 110 Å². The summed E-state index contributed by atoms with van der Waals surface area (Å²) in [7, 11) is 0. The summed E-state index contributed by atoms with van der Waals surface area (Å²) in [5, 5.41) is 5.60. The van der Waals surface area contributed by atoms with Crippen molar-refractivity contribution in [2.24, 2.45) is 0 Å². The van der Waals surface area contributed by atoms with Gasteiger partial charge in [-0.2, -0.15) is 0 Å². The van der Waals surface area contributed by atoms with Crippen molar-refractivity contribution in [3.8, 4) is 22.6 Å². The summed E-state index contributed by atoms with van der Waals surface area (Å²) < 4.78 is 11.3. The molecule has 3 aromatic carbocycles. The number of anilines is 1. The van der Waals surface area contributed by atoms with Gasteiger partial charge in [-0.05, 0) is 30.7 Å². The van der Waals surface area contributed by atoms with Crippen molar-refractivity contribution >= 4 is 17.9 Å². The Balaban J connectivity index is 1.30. The maximum Gasteiger partial charge on any atom is 0.417 e. The highest BCUT2D eigenvalue weighted by molar-refractivity contribution is 5.88. The lowest BCUT2D eigenvalue weighted by molar-refractivity contribution is 0.200. The van der Waals surface area contributed by atoms with E-state index in [1.165, 1.54) is 89.9 Å². The van der Waals surface area contributed by atoms with E-state index in [1.54, 1.807) is 30.3 Å². The minimum atomic E-state index is -0.599. The van der Waals surface area contributed by atoms with Crippen LogP contribution in [0, 0.1) is 0 Å². The molecule has 0 fully saturated rings. The largest absolute Gasteiger partial charge is 0.417 e. The summed E-state index contributed by atoms with van der Waals surface area (Å²) in [6, 6.07) is 23.6. The van der Waals surface area contributed by atoms with Gasteiger partial charge in [0.1, 0.15) is 11.5 Å². The molecule has 238 valence electrons. The van der Waals surface area contributed by atoms with E-state index in [9.17, 15) is 9.59 Å². The zero-order chi connectivity index (χ0) is 31.1. The molecule has 0 aliphatic heterocycles. The van der Waals surface area contributed by atoms with Crippen LogP contribution in [0.3, 0.4) is 0 Å². The molecule has 0 aromatic heterocycles.